The Kier molecular flexibility index (Phi) is 39.4. The van der Waals surface area contributed by atoms with E-state index in [-0.39, 0.29) is 12.8 Å². The maximum atomic E-state index is 13.7. The summed E-state index contributed by atoms with van der Waals surface area (Å²) in [6.07, 6.45) is -7.36. The third-order valence-corrected chi connectivity index (χ3v) is 14.8. The third kappa shape index (κ3) is 32.8. The summed E-state index contributed by atoms with van der Waals surface area (Å²) in [4.78, 5) is 233. The molecule has 0 aliphatic heterocycles. The normalized spacial score (nSPS) is 15.8. The van der Waals surface area contributed by atoms with E-state index in [0.29, 0.717) is 0 Å². The molecule has 25 N–H and O–H groups in total. The highest BCUT2D eigenvalue weighted by Crippen LogP contribution is 2.12. The predicted octanol–water partition coefficient (Wildman–Crippen LogP) is -9.47. The zero-order chi connectivity index (χ0) is 77.5. The van der Waals surface area contributed by atoms with Crippen molar-refractivity contribution in [3.8, 4) is 0 Å². The molecule has 0 aliphatic carbocycles. The van der Waals surface area contributed by atoms with Crippen molar-refractivity contribution < 1.29 is 112 Å². The van der Waals surface area contributed by atoms with Crippen LogP contribution in [0.25, 0.3) is 0 Å². The van der Waals surface area contributed by atoms with Crippen molar-refractivity contribution in [1.29, 1.82) is 0 Å². The summed E-state index contributed by atoms with van der Waals surface area (Å²) in [5, 5.41) is 81.6. The van der Waals surface area contributed by atoms with Crippen molar-refractivity contribution in [1.82, 2.24) is 74.4 Å². The molecule has 0 rings (SSSR count). The topological polar surface area (TPSA) is 655 Å². The molecule has 0 aromatic carbocycles. The largest absolute Gasteiger partial charge is 0.481 e. The van der Waals surface area contributed by atoms with Gasteiger partial charge in [-0.15, -0.1) is 0 Å². The summed E-state index contributed by atoms with van der Waals surface area (Å²) in [7, 11) is 0. The molecular formula is C60H103N17O23. The fourth-order valence-electron chi connectivity index (χ4n) is 8.93. The molecule has 566 valence electrons. The second kappa shape index (κ2) is 43.6. The van der Waals surface area contributed by atoms with Crippen LogP contribution < -0.4 is 91.6 Å². The van der Waals surface area contributed by atoms with Crippen LogP contribution in [-0.4, -0.2) is 242 Å². The van der Waals surface area contributed by atoms with E-state index < -0.39 is 266 Å². The molecule has 100 heavy (non-hydrogen) atoms. The smallest absolute Gasteiger partial charge is 0.328 e. The van der Waals surface area contributed by atoms with Gasteiger partial charge in [0, 0.05) is 12.8 Å². The molecule has 0 radical (unpaired) electrons. The molecule has 0 unspecified atom stereocenters. The van der Waals surface area contributed by atoms with Crippen molar-refractivity contribution in [2.24, 2.45) is 46.8 Å². The van der Waals surface area contributed by atoms with Gasteiger partial charge in [-0.25, -0.2) is 4.79 Å². The van der Waals surface area contributed by atoms with Gasteiger partial charge in [0.05, 0.1) is 50.4 Å². The Balaban J connectivity index is 5.90. The number of carbonyl (C=O) groups is 18. The van der Waals surface area contributed by atoms with Crippen LogP contribution in [0.4, 0.5) is 0 Å². The van der Waals surface area contributed by atoms with Crippen LogP contribution in [0.15, 0.2) is 0 Å². The SMILES string of the molecule is CC(C)[C@H](NC(=O)CNC(=O)[C@@H](NC(=O)[C@@H](NC(=O)[C@@H](NC(=O)[C@H](C)NC(=O)CNC(=O)CNC(=O)[C@@H](NC(=O)[C@H](CC(N)=O)NC(=O)[C@@H](NC(=O)[C@@H](NC(=O)[C@H](CCC(N)=O)NC(=O)[C@@H](N)CCC(=O)O)C(C)C)[C@@H](C)O)C(C)C)C(C)C)C(C)C)[C@@H](C)O)C(=O)N[C@H](C(=O)O)[C@@H](C)O. The van der Waals surface area contributed by atoms with Crippen LogP contribution in [0.2, 0.25) is 0 Å². The Morgan fingerprint density at radius 2 is 0.630 bits per heavy atom. The average Bonchev–Trinajstić information content (AvgIpc) is 0.869. The van der Waals surface area contributed by atoms with Crippen LogP contribution in [0.3, 0.4) is 0 Å². The number of carbonyl (C=O) groups excluding carboxylic acids is 16. The average molecular weight is 1430 g/mol. The number of amides is 16. The molecule has 0 fully saturated rings. The van der Waals surface area contributed by atoms with Crippen molar-refractivity contribution in [2.45, 2.75) is 220 Å². The molecule has 0 spiro atoms. The summed E-state index contributed by atoms with van der Waals surface area (Å²) in [6.45, 7) is 17.3. The number of carboxylic acids is 2. The first-order valence-electron chi connectivity index (χ1n) is 32.1. The number of carboxylic acid groups (broad SMARTS) is 2. The number of nitrogens with one attached hydrogen (secondary N) is 14. The summed E-state index contributed by atoms with van der Waals surface area (Å²) in [5.74, 6) is -22.5. The molecule has 40 nitrogen and oxygen atoms in total. The Morgan fingerprint density at radius 3 is 1.03 bits per heavy atom. The molecule has 0 heterocycles. The van der Waals surface area contributed by atoms with Crippen LogP contribution in [0.1, 0.15) is 129 Å². The standard InChI is InChI=1S/C60H103N17O23/c1-23(2)41(72-52(91)34(19-36(63)82)69-59(98)47(30(13)79)76-57(96)44(26(7)8)73-51(90)33(16-17-35(62)81)68-50(89)32(61)15-18-40(86)87)53(92)65-20-37(83)64-21-38(84)67-28(11)49(88)71-43(25(5)6)56(95)74-45(27(9)10)58(97)75-46(29(12)78)54(93)66-22-39(85)70-42(24(3)4)55(94)77-48(31(14)80)60(99)100/h23-34,41-48,78-80H,15-22,61H2,1-14H3,(H2,62,81)(H2,63,82)(H,64,83)(H,65,92)(H,66,93)(H,67,84)(H,68,89)(H,69,98)(H,70,85)(H,71,88)(H,72,91)(H,73,90)(H,74,95)(H,75,97)(H,76,96)(H,77,94)(H,86,87)(H,99,100)/t28-,29+,30+,31+,32-,33-,34-,41-,42-,43-,44-,45-,46-,47-,48-/m0/s1. The fraction of sp³-hybridized carbons (Fsp3) is 0.700. The Labute approximate surface area is 577 Å². The Bertz CT molecular complexity index is 2920. The fourth-order valence-corrected chi connectivity index (χ4v) is 8.93. The molecule has 0 saturated carbocycles. The van der Waals surface area contributed by atoms with Gasteiger partial charge >= 0.3 is 11.9 Å². The molecule has 0 aliphatic rings. The van der Waals surface area contributed by atoms with Gasteiger partial charge in [-0.1, -0.05) is 69.2 Å². The van der Waals surface area contributed by atoms with E-state index >= 15 is 0 Å². The lowest BCUT2D eigenvalue weighted by Gasteiger charge is -2.29. The molecule has 15 atom stereocenters. The Hall–Kier alpha value is -9.70. The second-order valence-electron chi connectivity index (χ2n) is 25.6. The molecule has 0 bridgehead atoms. The van der Waals surface area contributed by atoms with E-state index in [1.807, 2.05) is 0 Å². The van der Waals surface area contributed by atoms with Crippen molar-refractivity contribution >= 4 is 106 Å². The number of rotatable bonds is 45. The van der Waals surface area contributed by atoms with E-state index in [9.17, 15) is 107 Å². The number of primary amides is 2. The summed E-state index contributed by atoms with van der Waals surface area (Å²) < 4.78 is 0. The first-order valence-corrected chi connectivity index (χ1v) is 32.1. The summed E-state index contributed by atoms with van der Waals surface area (Å²) >= 11 is 0. The quantitative estimate of drug-likeness (QED) is 0.0269. The number of hydrogen-bond acceptors (Lipinski definition) is 22. The number of aliphatic carboxylic acids is 2. The van der Waals surface area contributed by atoms with Gasteiger partial charge in [-0.05, 0) is 70.1 Å². The molecule has 0 aromatic heterocycles. The lowest BCUT2D eigenvalue weighted by Crippen LogP contribution is -2.62. The minimum Gasteiger partial charge on any atom is -0.481 e. The maximum Gasteiger partial charge on any atom is 0.328 e. The van der Waals surface area contributed by atoms with E-state index in [0.717, 1.165) is 20.8 Å². The number of hydrogen-bond donors (Lipinski definition) is 22. The van der Waals surface area contributed by atoms with Gasteiger partial charge in [0.15, 0.2) is 6.04 Å². The van der Waals surface area contributed by atoms with Crippen LogP contribution in [-0.2, 0) is 86.3 Å². The number of aliphatic hydroxyl groups is 3. The first kappa shape index (κ1) is 90.3. The van der Waals surface area contributed by atoms with E-state index in [1.165, 1.54) is 62.3 Å². The highest BCUT2D eigenvalue weighted by atomic mass is 16.4. The Morgan fingerprint density at radius 1 is 0.310 bits per heavy atom. The van der Waals surface area contributed by atoms with E-state index in [2.05, 4.69) is 74.4 Å². The van der Waals surface area contributed by atoms with Crippen molar-refractivity contribution in [3.63, 3.8) is 0 Å². The van der Waals surface area contributed by atoms with Gasteiger partial charge < -0.3 is 117 Å². The lowest BCUT2D eigenvalue weighted by molar-refractivity contribution is -0.145. The number of nitrogens with two attached hydrogens (primary N) is 3. The van der Waals surface area contributed by atoms with Crippen LogP contribution in [0, 0.1) is 29.6 Å². The monoisotopic (exact) mass is 1430 g/mol. The van der Waals surface area contributed by atoms with Crippen molar-refractivity contribution in [3.05, 3.63) is 0 Å². The van der Waals surface area contributed by atoms with Crippen LogP contribution in [0.5, 0.6) is 0 Å². The molecule has 16 amide bonds. The minimum atomic E-state index is -1.91. The molecule has 0 saturated heterocycles. The number of aliphatic hydroxyl groups excluding tert-OH is 3. The second-order valence-corrected chi connectivity index (χ2v) is 25.6. The third-order valence-electron chi connectivity index (χ3n) is 14.8. The molecular weight excluding hydrogens is 1330 g/mol. The summed E-state index contributed by atoms with van der Waals surface area (Å²) in [5.41, 5.74) is 16.4. The van der Waals surface area contributed by atoms with Gasteiger partial charge in [-0.3, -0.25) is 81.5 Å². The van der Waals surface area contributed by atoms with E-state index in [4.69, 9.17) is 22.3 Å². The van der Waals surface area contributed by atoms with Gasteiger partial charge in [0.2, 0.25) is 94.5 Å². The van der Waals surface area contributed by atoms with Crippen molar-refractivity contribution in [2.75, 3.05) is 19.6 Å². The molecule has 0 aromatic rings. The first-order chi connectivity index (χ1) is 46.1. The minimum absolute atomic E-state index is 0.320. The highest BCUT2D eigenvalue weighted by Gasteiger charge is 2.39. The summed E-state index contributed by atoms with van der Waals surface area (Å²) in [6, 6.07) is -18.6. The van der Waals surface area contributed by atoms with Gasteiger partial charge in [-0.2, -0.15) is 0 Å². The predicted molar refractivity (Wildman–Crippen MR) is 350 cm³/mol. The maximum absolute atomic E-state index is 13.7. The lowest BCUT2D eigenvalue weighted by atomic mass is 9.99. The molecule has 40 heteroatoms. The highest BCUT2D eigenvalue weighted by molar-refractivity contribution is 6.00. The van der Waals surface area contributed by atoms with Gasteiger partial charge in [0.25, 0.3) is 0 Å². The zero-order valence-corrected chi connectivity index (χ0v) is 58.5. The zero-order valence-electron chi connectivity index (χ0n) is 58.5. The van der Waals surface area contributed by atoms with E-state index in [1.54, 1.807) is 13.8 Å². The van der Waals surface area contributed by atoms with Crippen LogP contribution >= 0.6 is 0 Å². The van der Waals surface area contributed by atoms with Gasteiger partial charge in [0.1, 0.15) is 60.4 Å².